The molecule has 2 N–H and O–H groups in total. The number of benzene rings is 2. The van der Waals surface area contributed by atoms with Crippen LogP contribution >= 0.6 is 0 Å². The number of nitrogens with zero attached hydrogens (tertiary/aromatic N) is 1. The molecule has 0 radical (unpaired) electrons. The highest BCUT2D eigenvalue weighted by Crippen LogP contribution is 2.52. The molecule has 0 unspecified atom stereocenters. The second-order valence-corrected chi connectivity index (χ2v) is 9.26. The van der Waals surface area contributed by atoms with Gasteiger partial charge in [-0.25, -0.2) is 9.59 Å². The van der Waals surface area contributed by atoms with Crippen LogP contribution in [0.3, 0.4) is 0 Å². The van der Waals surface area contributed by atoms with Gasteiger partial charge in [0.25, 0.3) is 0 Å². The number of rotatable bonds is 5. The number of fused-ring (bicyclic) bond motifs is 2. The van der Waals surface area contributed by atoms with Crippen molar-refractivity contribution in [1.82, 2.24) is 5.06 Å². The van der Waals surface area contributed by atoms with Gasteiger partial charge in [0.15, 0.2) is 11.9 Å². The van der Waals surface area contributed by atoms with Crippen LogP contribution in [0.25, 0.3) is 0 Å². The van der Waals surface area contributed by atoms with E-state index >= 15 is 0 Å². The summed E-state index contributed by atoms with van der Waals surface area (Å²) >= 11 is 0. The van der Waals surface area contributed by atoms with E-state index in [9.17, 15) is 19.8 Å². The summed E-state index contributed by atoms with van der Waals surface area (Å²) in [6.45, 7) is 3.10. The average molecular weight is 485 g/mol. The van der Waals surface area contributed by atoms with Crippen molar-refractivity contribution in [3.05, 3.63) is 71.8 Å². The number of aliphatic hydroxyl groups is 2. The molecule has 4 aliphatic rings. The molecule has 1 saturated carbocycles. The van der Waals surface area contributed by atoms with Gasteiger partial charge in [0.1, 0.15) is 37.6 Å². The zero-order chi connectivity index (χ0) is 24.8. The first-order chi connectivity index (χ1) is 16.7. The maximum atomic E-state index is 13.5. The Balaban J connectivity index is 1.40. The fraction of sp³-hybridized carbons (Fsp3) is 0.440. The summed E-state index contributed by atoms with van der Waals surface area (Å²) in [7, 11) is 0. The van der Waals surface area contributed by atoms with Crippen LogP contribution in [-0.2, 0) is 41.8 Å². The Morgan fingerprint density at radius 1 is 0.886 bits per heavy atom. The summed E-state index contributed by atoms with van der Waals surface area (Å²) in [6, 6.07) is 16.8. The van der Waals surface area contributed by atoms with Crippen LogP contribution in [-0.4, -0.2) is 69.2 Å². The minimum absolute atomic E-state index is 0.0344. The van der Waals surface area contributed by atoms with Crippen molar-refractivity contribution in [3.8, 4) is 0 Å². The van der Waals surface area contributed by atoms with Crippen LogP contribution < -0.4 is 0 Å². The molecule has 186 valence electrons. The lowest BCUT2D eigenvalue weighted by atomic mass is 9.72. The lowest BCUT2D eigenvalue weighted by Crippen LogP contribution is -2.82. The number of hydrogen-bond acceptors (Lipinski definition) is 9. The molecule has 0 aromatic heterocycles. The fourth-order valence-corrected chi connectivity index (χ4v) is 4.89. The molecule has 0 spiro atoms. The first kappa shape index (κ1) is 23.7. The lowest BCUT2D eigenvalue weighted by Gasteiger charge is -2.56. The molecular weight excluding hydrogens is 458 g/mol. The molecule has 2 aromatic carbocycles. The summed E-state index contributed by atoms with van der Waals surface area (Å²) in [5.41, 5.74) is -0.401. The Bertz CT molecular complexity index is 1070. The summed E-state index contributed by atoms with van der Waals surface area (Å²) < 4.78 is 22.9. The highest BCUT2D eigenvalue weighted by Gasteiger charge is 2.77. The summed E-state index contributed by atoms with van der Waals surface area (Å²) in [6.07, 6.45) is -6.58. The minimum atomic E-state index is -1.90. The van der Waals surface area contributed by atoms with Gasteiger partial charge in [0.05, 0.1) is 0 Å². The van der Waals surface area contributed by atoms with Gasteiger partial charge in [-0.05, 0) is 25.0 Å². The summed E-state index contributed by atoms with van der Waals surface area (Å²) in [4.78, 5) is 32.1. The van der Waals surface area contributed by atoms with E-state index in [0.717, 1.165) is 16.2 Å². The number of ether oxygens (including phenoxy) is 4. The summed E-state index contributed by atoms with van der Waals surface area (Å²) in [5, 5.41) is 22.4. The molecule has 6 rings (SSSR count). The second-order valence-electron chi connectivity index (χ2n) is 9.26. The van der Waals surface area contributed by atoms with Crippen LogP contribution in [0.5, 0.6) is 0 Å². The molecule has 6 atom stereocenters. The highest BCUT2D eigenvalue weighted by molar-refractivity contribution is 5.83. The van der Waals surface area contributed by atoms with Crippen molar-refractivity contribution in [3.63, 3.8) is 0 Å². The van der Waals surface area contributed by atoms with Gasteiger partial charge in [-0.1, -0.05) is 60.7 Å². The first-order valence-corrected chi connectivity index (χ1v) is 11.3. The maximum absolute atomic E-state index is 13.5. The highest BCUT2D eigenvalue weighted by atomic mass is 16.8. The van der Waals surface area contributed by atoms with Crippen LogP contribution in [0, 0.1) is 0 Å². The van der Waals surface area contributed by atoms with Gasteiger partial charge < -0.3 is 29.2 Å². The number of esters is 1. The van der Waals surface area contributed by atoms with E-state index in [2.05, 4.69) is 0 Å². The molecule has 1 amide bonds. The molecule has 35 heavy (non-hydrogen) atoms. The third-order valence-corrected chi connectivity index (χ3v) is 6.41. The Hall–Kier alpha value is -3.02. The van der Waals surface area contributed by atoms with Crippen molar-refractivity contribution < 1.29 is 43.6 Å². The maximum Gasteiger partial charge on any atom is 0.434 e. The molecule has 4 fully saturated rings. The van der Waals surface area contributed by atoms with E-state index in [4.69, 9.17) is 23.8 Å². The largest absolute Gasteiger partial charge is 0.459 e. The summed E-state index contributed by atoms with van der Waals surface area (Å²) in [5.74, 6) is -2.11. The van der Waals surface area contributed by atoms with Crippen molar-refractivity contribution in [2.24, 2.45) is 0 Å². The number of amides is 1. The normalized spacial score (nSPS) is 32.7. The topological polar surface area (TPSA) is 124 Å². The zero-order valence-corrected chi connectivity index (χ0v) is 19.3. The van der Waals surface area contributed by atoms with Crippen LogP contribution in [0.4, 0.5) is 4.79 Å². The Kier molecular flexibility index (Phi) is 6.02. The van der Waals surface area contributed by atoms with Gasteiger partial charge in [-0.3, -0.25) is 4.84 Å². The zero-order valence-electron chi connectivity index (χ0n) is 19.3. The van der Waals surface area contributed by atoms with E-state index in [0.29, 0.717) is 0 Å². The quantitative estimate of drug-likeness (QED) is 0.609. The lowest BCUT2D eigenvalue weighted by molar-refractivity contribution is -0.367. The predicted octanol–water partition coefficient (Wildman–Crippen LogP) is 1.68. The predicted molar refractivity (Wildman–Crippen MR) is 118 cm³/mol. The Morgan fingerprint density at radius 3 is 2.06 bits per heavy atom. The fourth-order valence-electron chi connectivity index (χ4n) is 4.89. The van der Waals surface area contributed by atoms with E-state index in [1.807, 2.05) is 36.4 Å². The molecular formula is C25H27NO9. The van der Waals surface area contributed by atoms with E-state index < -0.39 is 53.9 Å². The van der Waals surface area contributed by atoms with E-state index in [1.165, 1.54) is 0 Å². The van der Waals surface area contributed by atoms with E-state index in [1.54, 1.807) is 38.1 Å². The van der Waals surface area contributed by atoms with Crippen molar-refractivity contribution in [2.45, 2.75) is 68.9 Å². The van der Waals surface area contributed by atoms with Crippen LogP contribution in [0.2, 0.25) is 0 Å². The van der Waals surface area contributed by atoms with Gasteiger partial charge >= 0.3 is 12.1 Å². The van der Waals surface area contributed by atoms with Crippen LogP contribution in [0.15, 0.2) is 60.7 Å². The minimum Gasteiger partial charge on any atom is -0.459 e. The van der Waals surface area contributed by atoms with Gasteiger partial charge in [-0.15, -0.1) is 0 Å². The second kappa shape index (κ2) is 8.89. The van der Waals surface area contributed by atoms with Crippen molar-refractivity contribution >= 4 is 12.1 Å². The molecule has 2 bridgehead atoms. The number of aliphatic hydroxyl groups excluding tert-OH is 2. The molecule has 3 saturated heterocycles. The molecule has 1 aliphatic carbocycles. The van der Waals surface area contributed by atoms with Gasteiger partial charge in [-0.2, -0.15) is 5.06 Å². The average Bonchev–Trinajstić information content (AvgIpc) is 3.17. The molecule has 10 heteroatoms. The number of carbonyl (C=O) groups excluding carboxylic acids is 2. The number of hydrogen-bond donors (Lipinski definition) is 2. The Labute approximate surface area is 201 Å². The third kappa shape index (κ3) is 4.07. The smallest absolute Gasteiger partial charge is 0.434 e. The SMILES string of the molecule is CC1(C)O[C@@H]2[C@@H]3[C@H](O)[C@H](O)[C@@H](ON3C(=O)OCc3ccccc3)[C@]2(C(=O)OCc2ccccc2)O1. The van der Waals surface area contributed by atoms with Gasteiger partial charge in [0.2, 0.25) is 5.60 Å². The van der Waals surface area contributed by atoms with Gasteiger partial charge in [0, 0.05) is 0 Å². The molecule has 3 aliphatic heterocycles. The standard InChI is InChI=1S/C25H27NO9/c1-24(2)33-20-17-18(27)19(28)21(34-26(17)23(30)32-14-16-11-7-4-8-12-16)25(20,35-24)22(29)31-13-15-9-5-3-6-10-15/h3-12,17-21,27-28H,13-14H2,1-2H3/t17-,18-,19-,20+,21+,25+/m0/s1. The molecule has 10 nitrogen and oxygen atoms in total. The van der Waals surface area contributed by atoms with Crippen molar-refractivity contribution in [1.29, 1.82) is 0 Å². The Morgan fingerprint density at radius 2 is 1.46 bits per heavy atom. The molecule has 3 heterocycles. The monoisotopic (exact) mass is 485 g/mol. The van der Waals surface area contributed by atoms with Crippen LogP contribution in [0.1, 0.15) is 25.0 Å². The first-order valence-electron chi connectivity index (χ1n) is 11.3. The number of hydroxylamine groups is 2. The number of carbonyl (C=O) groups is 2. The molecule has 2 aromatic rings. The van der Waals surface area contributed by atoms with E-state index in [-0.39, 0.29) is 13.2 Å². The van der Waals surface area contributed by atoms with Crippen molar-refractivity contribution in [2.75, 3.05) is 0 Å². The third-order valence-electron chi connectivity index (χ3n) is 6.41.